The fourth-order valence-electron chi connectivity index (χ4n) is 4.39. The van der Waals surface area contributed by atoms with E-state index in [2.05, 4.69) is 10.1 Å². The molecule has 2 aliphatic rings. The van der Waals surface area contributed by atoms with Gasteiger partial charge in [-0.3, -0.25) is 14.6 Å². The van der Waals surface area contributed by atoms with Crippen molar-refractivity contribution in [3.8, 4) is 0 Å². The molecule has 2 aliphatic heterocycles. The summed E-state index contributed by atoms with van der Waals surface area (Å²) in [7, 11) is 0. The molecule has 0 unspecified atom stereocenters. The van der Waals surface area contributed by atoms with Gasteiger partial charge in [0.1, 0.15) is 29.0 Å². The van der Waals surface area contributed by atoms with Crippen LogP contribution < -0.4 is 0 Å². The Hall–Kier alpha value is -3.55. The Balaban J connectivity index is 1.71. The lowest BCUT2D eigenvalue weighted by Gasteiger charge is -2.46. The first kappa shape index (κ1) is 17.5. The van der Waals surface area contributed by atoms with E-state index in [4.69, 9.17) is 4.52 Å². The first-order valence-electron chi connectivity index (χ1n) is 9.27. The van der Waals surface area contributed by atoms with E-state index < -0.39 is 5.66 Å². The lowest BCUT2D eigenvalue weighted by Crippen LogP contribution is -2.58. The molecule has 0 bridgehead atoms. The highest BCUT2D eigenvalue weighted by Crippen LogP contribution is 2.45. The van der Waals surface area contributed by atoms with Crippen molar-refractivity contribution in [1.29, 1.82) is 0 Å². The Morgan fingerprint density at radius 3 is 2.72 bits per heavy atom. The van der Waals surface area contributed by atoms with Crippen molar-refractivity contribution >= 4 is 11.8 Å². The Labute approximate surface area is 165 Å². The summed E-state index contributed by atoms with van der Waals surface area (Å²) in [4.78, 5) is 34.3. The summed E-state index contributed by atoms with van der Waals surface area (Å²) in [5, 5.41) is 3.81. The molecule has 1 aromatic carbocycles. The maximum Gasteiger partial charge on any atom is 0.274 e. The molecule has 1 saturated heterocycles. The van der Waals surface area contributed by atoms with Crippen LogP contribution in [0.5, 0.6) is 0 Å². The zero-order valence-electron chi connectivity index (χ0n) is 15.6. The molecule has 7 nitrogen and oxygen atoms in total. The third-order valence-corrected chi connectivity index (χ3v) is 5.75. The van der Waals surface area contributed by atoms with Crippen LogP contribution in [-0.4, -0.2) is 44.8 Å². The summed E-state index contributed by atoms with van der Waals surface area (Å²) in [6.07, 6.45) is 3.27. The van der Waals surface area contributed by atoms with Crippen LogP contribution in [0.2, 0.25) is 0 Å². The number of carbonyl (C=O) groups is 2. The fraction of sp³-hybridized carbons (Fsp3) is 0.238. The fourth-order valence-corrected chi connectivity index (χ4v) is 4.39. The monoisotopic (exact) mass is 392 g/mol. The molecule has 0 spiro atoms. The number of rotatable bonds is 2. The maximum absolute atomic E-state index is 13.7. The largest absolute Gasteiger partial charge is 0.364 e. The Morgan fingerprint density at radius 2 is 2.00 bits per heavy atom. The van der Waals surface area contributed by atoms with E-state index in [-0.39, 0.29) is 17.6 Å². The predicted molar refractivity (Wildman–Crippen MR) is 99.3 cm³/mol. The average Bonchev–Trinajstić information content (AvgIpc) is 3.33. The van der Waals surface area contributed by atoms with Crippen molar-refractivity contribution in [2.75, 3.05) is 13.1 Å². The van der Waals surface area contributed by atoms with E-state index in [0.717, 1.165) is 5.56 Å². The Morgan fingerprint density at radius 1 is 1.21 bits per heavy atom. The first-order valence-corrected chi connectivity index (χ1v) is 9.27. The van der Waals surface area contributed by atoms with Gasteiger partial charge in [0.15, 0.2) is 0 Å². The smallest absolute Gasteiger partial charge is 0.274 e. The second-order valence-corrected chi connectivity index (χ2v) is 7.24. The standard InChI is InChI=1S/C21H17FN4O3/c1-13-17(12-29-24-13)19(27)25-9-10-26-20(28)18-14(3-2-8-23-18)11-21(25,26)15-4-6-16(22)7-5-15/h2-8,12H,9-11H2,1H3/t21-/m0/s1. The van der Waals surface area contributed by atoms with E-state index in [1.54, 1.807) is 41.1 Å². The molecule has 29 heavy (non-hydrogen) atoms. The number of aromatic nitrogens is 2. The van der Waals surface area contributed by atoms with Crippen molar-refractivity contribution in [2.45, 2.75) is 19.0 Å². The molecule has 4 heterocycles. The molecule has 5 rings (SSSR count). The van der Waals surface area contributed by atoms with Crippen LogP contribution in [0.1, 0.15) is 37.7 Å². The number of hydrogen-bond acceptors (Lipinski definition) is 5. The third-order valence-electron chi connectivity index (χ3n) is 5.75. The second-order valence-electron chi connectivity index (χ2n) is 7.24. The minimum Gasteiger partial charge on any atom is -0.364 e. The van der Waals surface area contributed by atoms with E-state index >= 15 is 0 Å². The number of amides is 2. The number of pyridine rings is 1. The normalized spacial score (nSPS) is 20.6. The van der Waals surface area contributed by atoms with E-state index in [1.165, 1.54) is 18.4 Å². The van der Waals surface area contributed by atoms with Gasteiger partial charge in [-0.2, -0.15) is 0 Å². The minimum atomic E-state index is -1.07. The molecule has 3 aromatic rings. The van der Waals surface area contributed by atoms with Gasteiger partial charge in [-0.05, 0) is 36.2 Å². The molecule has 0 saturated carbocycles. The van der Waals surface area contributed by atoms with Crippen LogP contribution >= 0.6 is 0 Å². The number of halogens is 1. The molecule has 0 N–H and O–H groups in total. The molecule has 1 atom stereocenters. The van der Waals surface area contributed by atoms with E-state index in [9.17, 15) is 14.0 Å². The number of benzene rings is 1. The third kappa shape index (κ3) is 2.41. The highest BCUT2D eigenvalue weighted by atomic mass is 19.1. The summed E-state index contributed by atoms with van der Waals surface area (Å²) < 4.78 is 18.6. The van der Waals surface area contributed by atoms with Gasteiger partial charge in [-0.1, -0.05) is 23.4 Å². The van der Waals surface area contributed by atoms with Gasteiger partial charge < -0.3 is 14.3 Å². The maximum atomic E-state index is 13.7. The van der Waals surface area contributed by atoms with Gasteiger partial charge in [0.2, 0.25) is 0 Å². The molecule has 0 radical (unpaired) electrons. The van der Waals surface area contributed by atoms with Gasteiger partial charge in [0.25, 0.3) is 11.8 Å². The number of carbonyl (C=O) groups excluding carboxylic acids is 2. The van der Waals surface area contributed by atoms with Crippen molar-refractivity contribution in [1.82, 2.24) is 19.9 Å². The topological polar surface area (TPSA) is 79.5 Å². The zero-order valence-corrected chi connectivity index (χ0v) is 15.6. The van der Waals surface area contributed by atoms with Crippen LogP contribution in [0.4, 0.5) is 4.39 Å². The number of fused-ring (bicyclic) bond motifs is 2. The molecule has 146 valence electrons. The molecule has 2 amide bonds. The molecular weight excluding hydrogens is 375 g/mol. The van der Waals surface area contributed by atoms with Gasteiger partial charge in [-0.15, -0.1) is 0 Å². The summed E-state index contributed by atoms with van der Waals surface area (Å²) in [6.45, 7) is 2.38. The molecule has 8 heteroatoms. The van der Waals surface area contributed by atoms with E-state index in [1.807, 2.05) is 6.07 Å². The van der Waals surface area contributed by atoms with Gasteiger partial charge in [0, 0.05) is 25.7 Å². The van der Waals surface area contributed by atoms with Crippen LogP contribution in [0.3, 0.4) is 0 Å². The summed E-state index contributed by atoms with van der Waals surface area (Å²) >= 11 is 0. The summed E-state index contributed by atoms with van der Waals surface area (Å²) in [6, 6.07) is 9.56. The minimum absolute atomic E-state index is 0.242. The van der Waals surface area contributed by atoms with Crippen LogP contribution in [-0.2, 0) is 12.1 Å². The zero-order chi connectivity index (χ0) is 20.2. The highest BCUT2D eigenvalue weighted by molar-refractivity contribution is 5.99. The molecule has 1 fully saturated rings. The van der Waals surface area contributed by atoms with Crippen molar-refractivity contribution in [3.63, 3.8) is 0 Å². The SMILES string of the molecule is Cc1nocc1C(=O)N1CCN2C(=O)c3ncccc3C[C@]12c1ccc(F)cc1. The lowest BCUT2D eigenvalue weighted by molar-refractivity contribution is 0.00707. The first-order chi connectivity index (χ1) is 14.0. The summed E-state index contributed by atoms with van der Waals surface area (Å²) in [5.41, 5.74) is 1.56. The Kier molecular flexibility index (Phi) is 3.77. The van der Waals surface area contributed by atoms with Gasteiger partial charge >= 0.3 is 0 Å². The lowest BCUT2D eigenvalue weighted by atomic mass is 9.85. The quantitative estimate of drug-likeness (QED) is 0.670. The Bertz CT molecular complexity index is 1130. The van der Waals surface area contributed by atoms with Crippen molar-refractivity contribution in [3.05, 3.63) is 82.8 Å². The summed E-state index contributed by atoms with van der Waals surface area (Å²) in [5.74, 6) is -0.907. The van der Waals surface area contributed by atoms with Crippen LogP contribution in [0.15, 0.2) is 53.4 Å². The van der Waals surface area contributed by atoms with Crippen molar-refractivity contribution < 1.29 is 18.5 Å². The predicted octanol–water partition coefficient (Wildman–Crippen LogP) is 2.52. The van der Waals surface area contributed by atoms with Gasteiger partial charge in [0.05, 0.1) is 5.69 Å². The molecule has 0 aliphatic carbocycles. The van der Waals surface area contributed by atoms with Crippen LogP contribution in [0, 0.1) is 12.7 Å². The molecule has 2 aromatic heterocycles. The second kappa shape index (κ2) is 6.23. The highest BCUT2D eigenvalue weighted by Gasteiger charge is 2.56. The number of hydrogen-bond donors (Lipinski definition) is 0. The van der Waals surface area contributed by atoms with E-state index in [0.29, 0.717) is 42.0 Å². The number of nitrogens with zero attached hydrogens (tertiary/aromatic N) is 4. The van der Waals surface area contributed by atoms with Gasteiger partial charge in [-0.25, -0.2) is 4.39 Å². The van der Waals surface area contributed by atoms with Crippen molar-refractivity contribution in [2.24, 2.45) is 0 Å². The number of aryl methyl sites for hydroxylation is 1. The van der Waals surface area contributed by atoms with Crippen LogP contribution in [0.25, 0.3) is 0 Å². The average molecular weight is 392 g/mol. The molecular formula is C21H17FN4O3.